The molecule has 1 atom stereocenters. The Morgan fingerprint density at radius 2 is 1.21 bits per heavy atom. The van der Waals surface area contributed by atoms with Gasteiger partial charge in [0.15, 0.2) is 5.58 Å². The minimum atomic E-state index is -1.29. The SMILES string of the molecule is CCC(Cc1ccc(-c2nc3ccccc3o2)cc1)(NC(c1ccccc1)(c1ccccc1)c1ccccc1)C(=O)O. The molecule has 0 spiro atoms. The van der Waals surface area contributed by atoms with Crippen LogP contribution in [-0.2, 0) is 16.8 Å². The van der Waals surface area contributed by atoms with Gasteiger partial charge in [-0.25, -0.2) is 4.98 Å². The Morgan fingerprint density at radius 1 is 0.714 bits per heavy atom. The average molecular weight is 553 g/mol. The Morgan fingerprint density at radius 3 is 1.69 bits per heavy atom. The highest BCUT2D eigenvalue weighted by Crippen LogP contribution is 2.40. The van der Waals surface area contributed by atoms with Gasteiger partial charge in [0.05, 0.1) is 5.54 Å². The van der Waals surface area contributed by atoms with E-state index in [1.54, 1.807) is 0 Å². The lowest BCUT2D eigenvalue weighted by Gasteiger charge is -2.44. The number of carboxylic acid groups (broad SMARTS) is 1. The van der Waals surface area contributed by atoms with E-state index >= 15 is 0 Å². The molecule has 6 aromatic rings. The lowest BCUT2D eigenvalue weighted by Crippen LogP contribution is -2.62. The Balaban J connectivity index is 1.44. The van der Waals surface area contributed by atoms with Crippen LogP contribution in [0.5, 0.6) is 0 Å². The second-order valence-electron chi connectivity index (χ2n) is 10.6. The number of para-hydroxylation sites is 2. The van der Waals surface area contributed by atoms with Crippen LogP contribution < -0.4 is 5.32 Å². The van der Waals surface area contributed by atoms with Crippen LogP contribution in [0.25, 0.3) is 22.6 Å². The Bertz CT molecular complexity index is 1650. The van der Waals surface area contributed by atoms with Crippen molar-refractivity contribution >= 4 is 17.1 Å². The summed E-state index contributed by atoms with van der Waals surface area (Å²) in [5.74, 6) is -0.364. The Hall–Kier alpha value is -5.00. The van der Waals surface area contributed by atoms with Crippen LogP contribution in [0.4, 0.5) is 0 Å². The highest BCUT2D eigenvalue weighted by Gasteiger charge is 2.47. The molecule has 1 unspecified atom stereocenters. The first-order valence-electron chi connectivity index (χ1n) is 14.2. The molecule has 42 heavy (non-hydrogen) atoms. The van der Waals surface area contributed by atoms with Gasteiger partial charge in [0, 0.05) is 12.0 Å². The van der Waals surface area contributed by atoms with E-state index in [1.165, 1.54) is 0 Å². The van der Waals surface area contributed by atoms with Gasteiger partial charge < -0.3 is 9.52 Å². The maximum Gasteiger partial charge on any atom is 0.324 e. The van der Waals surface area contributed by atoms with Gasteiger partial charge in [0.2, 0.25) is 5.89 Å². The van der Waals surface area contributed by atoms with E-state index in [0.717, 1.165) is 38.9 Å². The van der Waals surface area contributed by atoms with E-state index in [9.17, 15) is 9.90 Å². The van der Waals surface area contributed by atoms with Gasteiger partial charge in [-0.3, -0.25) is 10.1 Å². The van der Waals surface area contributed by atoms with E-state index in [4.69, 9.17) is 4.42 Å². The lowest BCUT2D eigenvalue weighted by atomic mass is 9.73. The monoisotopic (exact) mass is 552 g/mol. The average Bonchev–Trinajstić information content (AvgIpc) is 3.49. The second kappa shape index (κ2) is 11.5. The number of aliphatic carboxylic acids is 1. The van der Waals surface area contributed by atoms with Crippen LogP contribution in [0.3, 0.4) is 0 Å². The smallest absolute Gasteiger partial charge is 0.324 e. The summed E-state index contributed by atoms with van der Waals surface area (Å²) < 4.78 is 5.95. The molecule has 1 aromatic heterocycles. The third kappa shape index (κ3) is 5.00. The second-order valence-corrected chi connectivity index (χ2v) is 10.6. The summed E-state index contributed by atoms with van der Waals surface area (Å²) in [5, 5.41) is 14.7. The van der Waals surface area contributed by atoms with Crippen LogP contribution in [0.1, 0.15) is 35.6 Å². The molecular weight excluding hydrogens is 520 g/mol. The van der Waals surface area contributed by atoms with E-state index in [0.29, 0.717) is 12.3 Å². The van der Waals surface area contributed by atoms with Gasteiger partial charge in [0.25, 0.3) is 0 Å². The van der Waals surface area contributed by atoms with Crippen molar-refractivity contribution in [1.82, 2.24) is 10.3 Å². The van der Waals surface area contributed by atoms with Crippen molar-refractivity contribution in [3.05, 3.63) is 162 Å². The van der Waals surface area contributed by atoms with Gasteiger partial charge in [-0.2, -0.15) is 0 Å². The topological polar surface area (TPSA) is 75.4 Å². The number of nitrogens with one attached hydrogen (secondary N) is 1. The molecule has 5 nitrogen and oxygen atoms in total. The molecule has 0 radical (unpaired) electrons. The van der Waals surface area contributed by atoms with Gasteiger partial charge in [-0.05, 0) is 52.9 Å². The zero-order valence-electron chi connectivity index (χ0n) is 23.4. The number of rotatable bonds is 10. The van der Waals surface area contributed by atoms with Crippen molar-refractivity contribution in [2.24, 2.45) is 0 Å². The van der Waals surface area contributed by atoms with Gasteiger partial charge in [-0.1, -0.05) is 122 Å². The highest BCUT2D eigenvalue weighted by atomic mass is 16.4. The van der Waals surface area contributed by atoms with E-state index in [2.05, 4.69) is 46.7 Å². The summed E-state index contributed by atoms with van der Waals surface area (Å²) in [5.41, 5.74) is 3.96. The summed E-state index contributed by atoms with van der Waals surface area (Å²) in [6.07, 6.45) is 0.643. The molecule has 0 bridgehead atoms. The zero-order valence-corrected chi connectivity index (χ0v) is 23.4. The fourth-order valence-corrected chi connectivity index (χ4v) is 5.79. The molecule has 2 N–H and O–H groups in total. The zero-order chi connectivity index (χ0) is 29.0. The highest BCUT2D eigenvalue weighted by molar-refractivity contribution is 5.80. The quantitative estimate of drug-likeness (QED) is 0.169. The first-order chi connectivity index (χ1) is 20.5. The van der Waals surface area contributed by atoms with Crippen molar-refractivity contribution in [1.29, 1.82) is 0 Å². The van der Waals surface area contributed by atoms with Crippen LogP contribution in [0.15, 0.2) is 144 Å². The van der Waals surface area contributed by atoms with Crippen molar-refractivity contribution in [3.8, 4) is 11.5 Å². The van der Waals surface area contributed by atoms with Crippen LogP contribution in [-0.4, -0.2) is 21.6 Å². The number of aromatic nitrogens is 1. The van der Waals surface area contributed by atoms with E-state index in [1.807, 2.05) is 110 Å². The molecule has 0 saturated heterocycles. The van der Waals surface area contributed by atoms with E-state index < -0.39 is 17.0 Å². The largest absolute Gasteiger partial charge is 0.480 e. The summed E-state index contributed by atoms with van der Waals surface area (Å²) in [4.78, 5) is 17.9. The predicted octanol–water partition coefficient (Wildman–Crippen LogP) is 7.85. The molecule has 5 heteroatoms. The Kier molecular flexibility index (Phi) is 7.43. The minimum absolute atomic E-state index is 0.279. The van der Waals surface area contributed by atoms with Crippen molar-refractivity contribution in [2.45, 2.75) is 30.8 Å². The number of hydrogen-bond donors (Lipinski definition) is 2. The number of carbonyl (C=O) groups is 1. The van der Waals surface area contributed by atoms with Gasteiger partial charge >= 0.3 is 5.97 Å². The summed E-state index contributed by atoms with van der Waals surface area (Å²) in [7, 11) is 0. The first-order valence-corrected chi connectivity index (χ1v) is 14.2. The fourth-order valence-electron chi connectivity index (χ4n) is 5.79. The van der Waals surface area contributed by atoms with Crippen molar-refractivity contribution in [3.63, 3.8) is 0 Å². The molecule has 0 fully saturated rings. The summed E-state index contributed by atoms with van der Waals surface area (Å²) >= 11 is 0. The number of benzene rings is 5. The summed E-state index contributed by atoms with van der Waals surface area (Å²) in [6, 6.07) is 45.8. The lowest BCUT2D eigenvalue weighted by molar-refractivity contribution is -0.145. The van der Waals surface area contributed by atoms with Gasteiger partial charge in [0.1, 0.15) is 11.1 Å². The maximum atomic E-state index is 13.3. The first kappa shape index (κ1) is 27.2. The minimum Gasteiger partial charge on any atom is -0.480 e. The van der Waals surface area contributed by atoms with Gasteiger partial charge in [-0.15, -0.1) is 0 Å². The van der Waals surface area contributed by atoms with Crippen LogP contribution >= 0.6 is 0 Å². The number of carboxylic acids is 1. The number of nitrogens with zero attached hydrogens (tertiary/aromatic N) is 1. The number of hydrogen-bond acceptors (Lipinski definition) is 4. The number of fused-ring (bicyclic) bond motifs is 1. The molecule has 1 heterocycles. The normalized spacial score (nSPS) is 13.1. The Labute approximate surface area is 245 Å². The van der Waals surface area contributed by atoms with Crippen molar-refractivity contribution < 1.29 is 14.3 Å². The molecule has 0 aliphatic carbocycles. The number of oxazole rings is 1. The third-order valence-electron chi connectivity index (χ3n) is 8.06. The molecule has 6 rings (SSSR count). The van der Waals surface area contributed by atoms with Crippen LogP contribution in [0.2, 0.25) is 0 Å². The fraction of sp³-hybridized carbons (Fsp3) is 0.135. The summed E-state index contributed by atoms with van der Waals surface area (Å²) in [6.45, 7) is 1.93. The molecule has 0 amide bonds. The predicted molar refractivity (Wildman–Crippen MR) is 166 cm³/mol. The van der Waals surface area contributed by atoms with E-state index in [-0.39, 0.29) is 6.42 Å². The van der Waals surface area contributed by atoms with Crippen LogP contribution in [0, 0.1) is 0 Å². The third-order valence-corrected chi connectivity index (χ3v) is 8.06. The van der Waals surface area contributed by atoms with Crippen molar-refractivity contribution in [2.75, 3.05) is 0 Å². The molecule has 5 aromatic carbocycles. The molecular formula is C37H32N2O3. The molecule has 208 valence electrons. The molecule has 0 aliphatic heterocycles. The molecule has 0 saturated carbocycles. The standard InChI is InChI=1S/C37H32N2O3/c1-2-36(35(40)41,26-27-22-24-28(25-23-27)34-38-32-20-12-13-21-33(32)42-34)39-37(29-14-6-3-7-15-29,30-16-8-4-9-17-30)31-18-10-5-11-19-31/h3-25,39H,2,26H2,1H3,(H,40,41). The molecule has 0 aliphatic rings. The maximum absolute atomic E-state index is 13.3.